The average molecular weight is 506 g/mol. The van der Waals surface area contributed by atoms with E-state index in [1.807, 2.05) is 62.1 Å². The standard InChI is InChI=1S/C30H39N3O4/c1-6-31(7-2)28(35)17-13-8-9-14-20-32(23(4)34)29-22(3)33(30(36)24-15-11-10-12-16-24)27-19-18-25(37-5)21-26(27)29/h10-12,15-16,18-19,21H,6-9,13-14,17,20H2,1-5H3. The Morgan fingerprint density at radius 2 is 1.59 bits per heavy atom. The SMILES string of the molecule is CCN(CC)C(=O)CCCCCCN(C(C)=O)c1c(C)n(C(=O)c2ccccc2)c2ccc(OC)cc12. The molecular weight excluding hydrogens is 466 g/mol. The van der Waals surface area contributed by atoms with Gasteiger partial charge in [-0.2, -0.15) is 0 Å². The minimum absolute atomic E-state index is 0.0751. The van der Waals surface area contributed by atoms with Crippen LogP contribution in [0.4, 0.5) is 5.69 Å². The lowest BCUT2D eigenvalue weighted by molar-refractivity contribution is -0.130. The number of ether oxygens (including phenoxy) is 1. The highest BCUT2D eigenvalue weighted by atomic mass is 16.5. The van der Waals surface area contributed by atoms with Crippen molar-refractivity contribution in [2.45, 2.75) is 59.8 Å². The maximum atomic E-state index is 13.5. The van der Waals surface area contributed by atoms with Crippen LogP contribution >= 0.6 is 0 Å². The molecule has 3 aromatic rings. The molecule has 7 heteroatoms. The Hall–Kier alpha value is -3.61. The molecule has 198 valence electrons. The summed E-state index contributed by atoms with van der Waals surface area (Å²) in [6, 6.07) is 14.8. The lowest BCUT2D eigenvalue weighted by Gasteiger charge is -2.22. The van der Waals surface area contributed by atoms with Gasteiger partial charge in [-0.3, -0.25) is 19.0 Å². The molecule has 0 aliphatic heterocycles. The third-order valence-corrected chi connectivity index (χ3v) is 6.89. The van der Waals surface area contributed by atoms with Crippen molar-refractivity contribution < 1.29 is 19.1 Å². The van der Waals surface area contributed by atoms with Crippen LogP contribution in [-0.2, 0) is 9.59 Å². The molecule has 0 atom stereocenters. The summed E-state index contributed by atoms with van der Waals surface area (Å²) in [5.41, 5.74) is 2.78. The lowest BCUT2D eigenvalue weighted by Crippen LogP contribution is -2.30. The Kier molecular flexibility index (Phi) is 9.89. The van der Waals surface area contributed by atoms with Gasteiger partial charge in [0, 0.05) is 49.6 Å². The summed E-state index contributed by atoms with van der Waals surface area (Å²) in [4.78, 5) is 42.2. The molecule has 2 aromatic carbocycles. The number of benzene rings is 2. The van der Waals surface area contributed by atoms with Crippen molar-refractivity contribution in [2.75, 3.05) is 31.6 Å². The van der Waals surface area contributed by atoms with Crippen LogP contribution in [0.25, 0.3) is 10.9 Å². The van der Waals surface area contributed by atoms with E-state index in [1.165, 1.54) is 0 Å². The summed E-state index contributed by atoms with van der Waals surface area (Å²) in [5.74, 6) is 0.657. The van der Waals surface area contributed by atoms with E-state index in [2.05, 4.69) is 0 Å². The van der Waals surface area contributed by atoms with Gasteiger partial charge in [-0.1, -0.05) is 31.0 Å². The van der Waals surface area contributed by atoms with E-state index in [0.29, 0.717) is 24.3 Å². The molecule has 0 N–H and O–H groups in total. The highest BCUT2D eigenvalue weighted by molar-refractivity contribution is 6.11. The Morgan fingerprint density at radius 1 is 0.919 bits per heavy atom. The maximum Gasteiger partial charge on any atom is 0.262 e. The van der Waals surface area contributed by atoms with Crippen LogP contribution in [0.5, 0.6) is 5.75 Å². The number of rotatable bonds is 12. The van der Waals surface area contributed by atoms with Crippen LogP contribution in [0, 0.1) is 6.92 Å². The molecule has 0 bridgehead atoms. The van der Waals surface area contributed by atoms with Crippen molar-refractivity contribution in [1.29, 1.82) is 0 Å². The first-order valence-electron chi connectivity index (χ1n) is 13.2. The molecule has 0 saturated carbocycles. The summed E-state index contributed by atoms with van der Waals surface area (Å²) in [6.07, 6.45) is 4.06. The van der Waals surface area contributed by atoms with Gasteiger partial charge in [0.15, 0.2) is 0 Å². The van der Waals surface area contributed by atoms with Crippen LogP contribution in [0.3, 0.4) is 0 Å². The van der Waals surface area contributed by atoms with E-state index in [4.69, 9.17) is 4.74 Å². The monoisotopic (exact) mass is 505 g/mol. The fourth-order valence-electron chi connectivity index (χ4n) is 4.88. The first-order valence-corrected chi connectivity index (χ1v) is 13.2. The zero-order valence-corrected chi connectivity index (χ0v) is 22.8. The summed E-state index contributed by atoms with van der Waals surface area (Å²) in [7, 11) is 1.60. The lowest BCUT2D eigenvalue weighted by atomic mass is 10.1. The molecule has 3 rings (SSSR count). The molecule has 0 radical (unpaired) electrons. The number of carbonyl (C=O) groups excluding carboxylic acids is 3. The van der Waals surface area contributed by atoms with Crippen molar-refractivity contribution in [3.05, 3.63) is 59.8 Å². The summed E-state index contributed by atoms with van der Waals surface area (Å²) < 4.78 is 7.15. The predicted molar refractivity (Wildman–Crippen MR) is 148 cm³/mol. The Bertz CT molecular complexity index is 1230. The molecule has 0 unspecified atom stereocenters. The van der Waals surface area contributed by atoms with Crippen LogP contribution in [-0.4, -0.2) is 53.9 Å². The molecular formula is C30H39N3O4. The van der Waals surface area contributed by atoms with Gasteiger partial charge in [0.05, 0.1) is 18.3 Å². The Morgan fingerprint density at radius 3 is 2.22 bits per heavy atom. The molecule has 0 aliphatic rings. The van der Waals surface area contributed by atoms with E-state index in [-0.39, 0.29) is 17.7 Å². The number of nitrogens with zero attached hydrogens (tertiary/aromatic N) is 3. The number of hydrogen-bond acceptors (Lipinski definition) is 4. The zero-order chi connectivity index (χ0) is 26.9. The van der Waals surface area contributed by atoms with E-state index >= 15 is 0 Å². The van der Waals surface area contributed by atoms with Gasteiger partial charge < -0.3 is 14.5 Å². The van der Waals surface area contributed by atoms with Crippen molar-refractivity contribution in [3.8, 4) is 5.75 Å². The van der Waals surface area contributed by atoms with Gasteiger partial charge in [-0.05, 0) is 63.9 Å². The van der Waals surface area contributed by atoms with Crippen molar-refractivity contribution in [3.63, 3.8) is 0 Å². The quantitative estimate of drug-likeness (QED) is 0.291. The number of hydrogen-bond donors (Lipinski definition) is 0. The number of anilines is 1. The fourth-order valence-corrected chi connectivity index (χ4v) is 4.88. The van der Waals surface area contributed by atoms with Gasteiger partial charge in [0.25, 0.3) is 5.91 Å². The van der Waals surface area contributed by atoms with E-state index < -0.39 is 0 Å². The van der Waals surface area contributed by atoms with Crippen molar-refractivity contribution in [2.24, 2.45) is 0 Å². The molecule has 0 aliphatic carbocycles. The number of unbranched alkanes of at least 4 members (excludes halogenated alkanes) is 3. The van der Waals surface area contributed by atoms with Gasteiger partial charge >= 0.3 is 0 Å². The molecule has 0 saturated heterocycles. The predicted octanol–water partition coefficient (Wildman–Crippen LogP) is 5.82. The molecule has 2 amide bonds. The highest BCUT2D eigenvalue weighted by Crippen LogP contribution is 2.37. The summed E-state index contributed by atoms with van der Waals surface area (Å²) in [5, 5.41) is 0.807. The van der Waals surface area contributed by atoms with Gasteiger partial charge in [-0.15, -0.1) is 0 Å². The topological polar surface area (TPSA) is 71.9 Å². The first kappa shape index (κ1) is 28.0. The van der Waals surface area contributed by atoms with Crippen LogP contribution in [0.2, 0.25) is 0 Å². The van der Waals surface area contributed by atoms with Crippen LogP contribution in [0.15, 0.2) is 48.5 Å². The van der Waals surface area contributed by atoms with Gasteiger partial charge in [0.1, 0.15) is 5.75 Å². The van der Waals surface area contributed by atoms with E-state index in [1.54, 1.807) is 35.6 Å². The second-order valence-electron chi connectivity index (χ2n) is 9.22. The smallest absolute Gasteiger partial charge is 0.262 e. The summed E-state index contributed by atoms with van der Waals surface area (Å²) in [6.45, 7) is 9.47. The van der Waals surface area contributed by atoms with Crippen molar-refractivity contribution >= 4 is 34.3 Å². The minimum atomic E-state index is -0.138. The number of aromatic nitrogens is 1. The van der Waals surface area contributed by atoms with Crippen LogP contribution in [0.1, 0.15) is 68.9 Å². The van der Waals surface area contributed by atoms with Crippen molar-refractivity contribution in [1.82, 2.24) is 9.47 Å². The number of amides is 2. The number of carbonyl (C=O) groups is 3. The molecule has 37 heavy (non-hydrogen) atoms. The third-order valence-electron chi connectivity index (χ3n) is 6.89. The van der Waals surface area contributed by atoms with Crippen LogP contribution < -0.4 is 9.64 Å². The largest absolute Gasteiger partial charge is 0.497 e. The zero-order valence-electron chi connectivity index (χ0n) is 22.8. The van der Waals surface area contributed by atoms with Gasteiger partial charge in [-0.25, -0.2) is 0 Å². The molecule has 7 nitrogen and oxygen atoms in total. The number of fused-ring (bicyclic) bond motifs is 1. The molecule has 0 fully saturated rings. The fraction of sp³-hybridized carbons (Fsp3) is 0.433. The maximum absolute atomic E-state index is 13.5. The second kappa shape index (κ2) is 13.1. The first-order chi connectivity index (χ1) is 17.8. The summed E-state index contributed by atoms with van der Waals surface area (Å²) >= 11 is 0. The minimum Gasteiger partial charge on any atom is -0.497 e. The van der Waals surface area contributed by atoms with E-state index in [0.717, 1.165) is 61.1 Å². The molecule has 1 aromatic heterocycles. The molecule has 0 spiro atoms. The van der Waals surface area contributed by atoms with Gasteiger partial charge in [0.2, 0.25) is 11.8 Å². The second-order valence-corrected chi connectivity index (χ2v) is 9.22. The highest BCUT2D eigenvalue weighted by Gasteiger charge is 2.25. The Labute approximate surface area is 220 Å². The van der Waals surface area contributed by atoms with E-state index in [9.17, 15) is 14.4 Å². The average Bonchev–Trinajstić information content (AvgIpc) is 3.19. The Balaban J connectivity index is 1.82. The molecule has 1 heterocycles. The third kappa shape index (κ3) is 6.40. The number of methoxy groups -OCH3 is 1. The normalized spacial score (nSPS) is 10.9.